The molecule has 0 atom stereocenters. The largest absolute Gasteiger partial charge is 0.489 e. The first kappa shape index (κ1) is 24.5. The van der Waals surface area contributed by atoms with Gasteiger partial charge in [-0.15, -0.1) is 0 Å². The van der Waals surface area contributed by atoms with Crippen molar-refractivity contribution in [3.05, 3.63) is 137 Å². The number of amidine groups is 1. The number of nitrogens with zero attached hydrogens (tertiary/aromatic N) is 2. The Morgan fingerprint density at radius 3 is 2.19 bits per heavy atom. The highest BCUT2D eigenvalue weighted by molar-refractivity contribution is 8.18. The van der Waals surface area contributed by atoms with E-state index in [4.69, 9.17) is 9.73 Å². The molecule has 0 unspecified atom stereocenters. The molecule has 0 aromatic heterocycles. The lowest BCUT2D eigenvalue weighted by Gasteiger charge is -2.15. The maximum atomic E-state index is 13.4. The van der Waals surface area contributed by atoms with E-state index in [2.05, 4.69) is 12.1 Å². The van der Waals surface area contributed by atoms with Crippen molar-refractivity contribution >= 4 is 34.6 Å². The molecule has 0 bridgehead atoms. The fraction of sp³-hybridized carbons (Fsp3) is 0.0968. The van der Waals surface area contributed by atoms with Crippen molar-refractivity contribution in [3.63, 3.8) is 0 Å². The molecular formula is C31H25FN2O2S. The predicted octanol–water partition coefficient (Wildman–Crippen LogP) is 7.25. The first-order chi connectivity index (χ1) is 18.1. The Labute approximate surface area is 220 Å². The van der Waals surface area contributed by atoms with Crippen LogP contribution in [0.15, 0.2) is 119 Å². The van der Waals surface area contributed by atoms with Crippen LogP contribution in [0.5, 0.6) is 5.75 Å². The van der Waals surface area contributed by atoms with Crippen LogP contribution in [0.25, 0.3) is 6.08 Å². The van der Waals surface area contributed by atoms with Crippen molar-refractivity contribution in [2.75, 3.05) is 6.54 Å². The van der Waals surface area contributed by atoms with Gasteiger partial charge in [-0.1, -0.05) is 72.8 Å². The van der Waals surface area contributed by atoms with Crippen LogP contribution in [0, 0.1) is 5.82 Å². The molecule has 1 aliphatic heterocycles. The number of hydrogen-bond acceptors (Lipinski definition) is 4. The van der Waals surface area contributed by atoms with Gasteiger partial charge in [0.1, 0.15) is 18.2 Å². The monoisotopic (exact) mass is 508 g/mol. The Balaban J connectivity index is 1.31. The van der Waals surface area contributed by atoms with Crippen LogP contribution in [-0.4, -0.2) is 22.5 Å². The molecule has 1 heterocycles. The number of hydrogen-bond donors (Lipinski definition) is 0. The maximum absolute atomic E-state index is 13.4. The number of aliphatic imine (C=N–C) groups is 1. The highest BCUT2D eigenvalue weighted by atomic mass is 32.2. The molecule has 0 radical (unpaired) electrons. The second-order valence-electron chi connectivity index (χ2n) is 8.52. The third-order valence-corrected chi connectivity index (χ3v) is 6.84. The van der Waals surface area contributed by atoms with Crippen molar-refractivity contribution < 1.29 is 13.9 Å². The quantitative estimate of drug-likeness (QED) is 0.235. The number of amides is 1. The van der Waals surface area contributed by atoms with Gasteiger partial charge in [-0.2, -0.15) is 0 Å². The SMILES string of the molecule is O=C1/C(=C\c2ccc(OCc3ccc(F)cc3)cc2)SC(=Nc2ccccc2)N1CCc1ccccc1. The van der Waals surface area contributed by atoms with Gasteiger partial charge >= 0.3 is 0 Å². The van der Waals surface area contributed by atoms with Crippen molar-refractivity contribution in [3.8, 4) is 5.75 Å². The molecular weight excluding hydrogens is 483 g/mol. The summed E-state index contributed by atoms with van der Waals surface area (Å²) in [6.45, 7) is 0.903. The molecule has 1 aliphatic rings. The van der Waals surface area contributed by atoms with Crippen LogP contribution in [0.1, 0.15) is 16.7 Å². The normalized spacial score (nSPS) is 15.5. The molecule has 4 nitrogen and oxygen atoms in total. The molecule has 5 rings (SSSR count). The lowest BCUT2D eigenvalue weighted by molar-refractivity contribution is -0.122. The van der Waals surface area contributed by atoms with Crippen LogP contribution < -0.4 is 4.74 Å². The Morgan fingerprint density at radius 1 is 0.811 bits per heavy atom. The smallest absolute Gasteiger partial charge is 0.266 e. The van der Waals surface area contributed by atoms with Gasteiger partial charge < -0.3 is 4.74 Å². The van der Waals surface area contributed by atoms with Gasteiger partial charge in [-0.25, -0.2) is 9.38 Å². The summed E-state index contributed by atoms with van der Waals surface area (Å²) >= 11 is 1.39. The fourth-order valence-corrected chi connectivity index (χ4v) is 4.87. The summed E-state index contributed by atoms with van der Waals surface area (Å²) in [4.78, 5) is 20.5. The lowest BCUT2D eigenvalue weighted by Crippen LogP contribution is -2.31. The molecule has 0 saturated carbocycles. The Kier molecular flexibility index (Phi) is 7.77. The van der Waals surface area contributed by atoms with E-state index in [1.165, 1.54) is 29.5 Å². The van der Waals surface area contributed by atoms with Gasteiger partial charge in [0.05, 0.1) is 10.6 Å². The zero-order chi connectivity index (χ0) is 25.5. The molecule has 0 spiro atoms. The van der Waals surface area contributed by atoms with Crippen molar-refractivity contribution in [2.24, 2.45) is 4.99 Å². The first-order valence-electron chi connectivity index (χ1n) is 12.0. The van der Waals surface area contributed by atoms with Gasteiger partial charge in [0.2, 0.25) is 0 Å². The second kappa shape index (κ2) is 11.7. The van der Waals surface area contributed by atoms with E-state index in [1.54, 1.807) is 17.0 Å². The highest BCUT2D eigenvalue weighted by Crippen LogP contribution is 2.34. The van der Waals surface area contributed by atoms with Crippen LogP contribution in [0.4, 0.5) is 10.1 Å². The van der Waals surface area contributed by atoms with Gasteiger partial charge in [-0.3, -0.25) is 9.69 Å². The van der Waals surface area contributed by atoms with E-state index in [9.17, 15) is 9.18 Å². The molecule has 4 aromatic rings. The topological polar surface area (TPSA) is 41.9 Å². The van der Waals surface area contributed by atoms with Crippen molar-refractivity contribution in [1.29, 1.82) is 0 Å². The summed E-state index contributed by atoms with van der Waals surface area (Å²) in [7, 11) is 0. The van der Waals surface area contributed by atoms with Gasteiger partial charge in [-0.05, 0) is 77.3 Å². The van der Waals surface area contributed by atoms with Gasteiger partial charge in [0, 0.05) is 6.54 Å². The second-order valence-corrected chi connectivity index (χ2v) is 9.53. The van der Waals surface area contributed by atoms with Crippen LogP contribution in [-0.2, 0) is 17.8 Å². The molecule has 0 N–H and O–H groups in total. The molecule has 4 aromatic carbocycles. The average molecular weight is 509 g/mol. The number of ether oxygens (including phenoxy) is 1. The average Bonchev–Trinajstić information content (AvgIpc) is 3.22. The van der Waals surface area contributed by atoms with Crippen LogP contribution >= 0.6 is 11.8 Å². The number of para-hydroxylation sites is 1. The summed E-state index contributed by atoms with van der Waals surface area (Å²) in [5, 5.41) is 0.678. The number of carbonyl (C=O) groups excluding carboxylic acids is 1. The minimum Gasteiger partial charge on any atom is -0.489 e. The van der Waals surface area contributed by atoms with E-state index in [-0.39, 0.29) is 11.7 Å². The molecule has 1 amide bonds. The first-order valence-corrected chi connectivity index (χ1v) is 12.8. The minimum absolute atomic E-state index is 0.0488. The van der Waals surface area contributed by atoms with Crippen molar-refractivity contribution in [2.45, 2.75) is 13.0 Å². The minimum atomic E-state index is -0.268. The van der Waals surface area contributed by atoms with Gasteiger partial charge in [0.25, 0.3) is 5.91 Å². The Bertz CT molecular complexity index is 1400. The van der Waals surface area contributed by atoms with Gasteiger partial charge in [0.15, 0.2) is 5.17 Å². The number of halogens is 1. The molecule has 0 aliphatic carbocycles. The Hall–Kier alpha value is -4.16. The number of rotatable bonds is 8. The van der Waals surface area contributed by atoms with E-state index in [0.29, 0.717) is 29.0 Å². The maximum Gasteiger partial charge on any atom is 0.266 e. The summed E-state index contributed by atoms with van der Waals surface area (Å²) in [5.41, 5.74) is 3.77. The third-order valence-electron chi connectivity index (χ3n) is 5.83. The third kappa shape index (κ3) is 6.54. The summed E-state index contributed by atoms with van der Waals surface area (Å²) < 4.78 is 18.9. The Morgan fingerprint density at radius 2 is 1.49 bits per heavy atom. The molecule has 184 valence electrons. The number of benzene rings is 4. The fourth-order valence-electron chi connectivity index (χ4n) is 3.85. The zero-order valence-corrected chi connectivity index (χ0v) is 20.9. The van der Waals surface area contributed by atoms with Crippen LogP contribution in [0.3, 0.4) is 0 Å². The summed E-state index contributed by atoms with van der Waals surface area (Å²) in [6, 6.07) is 33.6. The summed E-state index contributed by atoms with van der Waals surface area (Å²) in [5.74, 6) is 0.385. The van der Waals surface area contributed by atoms with E-state index < -0.39 is 0 Å². The molecule has 1 fully saturated rings. The standard InChI is InChI=1S/C31H25FN2O2S/c32-26-15-11-25(12-16-26)22-36-28-17-13-24(14-18-28)21-29-30(35)34(20-19-23-7-3-1-4-8-23)31(37-29)33-27-9-5-2-6-10-27/h1-18,21H,19-20,22H2/b29-21+,33-31?. The summed E-state index contributed by atoms with van der Waals surface area (Å²) in [6.07, 6.45) is 2.63. The molecule has 37 heavy (non-hydrogen) atoms. The molecule has 1 saturated heterocycles. The van der Waals surface area contributed by atoms with Crippen molar-refractivity contribution in [1.82, 2.24) is 4.90 Å². The lowest BCUT2D eigenvalue weighted by atomic mass is 10.1. The number of thioether (sulfide) groups is 1. The molecule has 6 heteroatoms. The van der Waals surface area contributed by atoms with E-state index >= 15 is 0 Å². The van der Waals surface area contributed by atoms with Crippen LogP contribution in [0.2, 0.25) is 0 Å². The zero-order valence-electron chi connectivity index (χ0n) is 20.1. The number of carbonyl (C=O) groups is 1. The van der Waals surface area contributed by atoms with E-state index in [1.807, 2.05) is 78.9 Å². The predicted molar refractivity (Wildman–Crippen MR) is 148 cm³/mol. The highest BCUT2D eigenvalue weighted by Gasteiger charge is 2.33. The van der Waals surface area contributed by atoms with E-state index in [0.717, 1.165) is 23.2 Å².